The average Bonchev–Trinajstić information content (AvgIpc) is 2.33. The summed E-state index contributed by atoms with van der Waals surface area (Å²) in [6.07, 6.45) is 9.29. The number of rotatable bonds is 10. The maximum Gasteiger partial charge on any atom is 0.0694 e. The van der Waals surface area contributed by atoms with Crippen molar-refractivity contribution in [1.82, 2.24) is 0 Å². The van der Waals surface area contributed by atoms with Gasteiger partial charge in [0, 0.05) is 5.41 Å². The van der Waals surface area contributed by atoms with E-state index in [1.165, 1.54) is 32.1 Å². The van der Waals surface area contributed by atoms with Crippen molar-refractivity contribution < 1.29 is 0 Å². The maximum atomic E-state index is 6.53. The first-order chi connectivity index (χ1) is 8.35. The summed E-state index contributed by atoms with van der Waals surface area (Å²) in [5.74, 6) is 0.598. The van der Waals surface area contributed by atoms with E-state index in [1.54, 1.807) is 0 Å². The lowest BCUT2D eigenvalue weighted by Crippen LogP contribution is -2.63. The minimum atomic E-state index is -0.521. The molecule has 0 rings (SSSR count). The molecule has 2 heteroatoms. The van der Waals surface area contributed by atoms with Gasteiger partial charge in [-0.25, -0.2) is 0 Å². The lowest BCUT2D eigenvalue weighted by Gasteiger charge is -2.48. The fourth-order valence-electron chi connectivity index (χ4n) is 2.99. The van der Waals surface area contributed by atoms with Crippen LogP contribution in [-0.4, -0.2) is 5.66 Å². The van der Waals surface area contributed by atoms with Crippen molar-refractivity contribution in [2.45, 2.75) is 91.6 Å². The third-order valence-corrected chi connectivity index (χ3v) is 4.87. The molecule has 0 aliphatic carbocycles. The number of nitrogens with two attached hydrogens (primary N) is 2. The van der Waals surface area contributed by atoms with Gasteiger partial charge in [0.15, 0.2) is 0 Å². The van der Waals surface area contributed by atoms with Gasteiger partial charge in [-0.1, -0.05) is 73.1 Å². The van der Waals surface area contributed by atoms with Crippen LogP contribution in [0.2, 0.25) is 0 Å². The highest BCUT2D eigenvalue weighted by atomic mass is 15.0. The Bertz CT molecular complexity index is 213. The molecule has 0 amide bonds. The van der Waals surface area contributed by atoms with Crippen LogP contribution >= 0.6 is 0 Å². The summed E-state index contributed by atoms with van der Waals surface area (Å²) in [4.78, 5) is 0. The van der Waals surface area contributed by atoms with Gasteiger partial charge in [0.2, 0.25) is 0 Å². The summed E-state index contributed by atoms with van der Waals surface area (Å²) in [7, 11) is 0. The Morgan fingerprint density at radius 2 is 1.39 bits per heavy atom. The summed E-state index contributed by atoms with van der Waals surface area (Å²) < 4.78 is 0. The number of hydrogen-bond acceptors (Lipinski definition) is 2. The molecule has 0 aliphatic rings. The molecule has 2 unspecified atom stereocenters. The first kappa shape index (κ1) is 17.9. The predicted molar refractivity (Wildman–Crippen MR) is 82.3 cm³/mol. The summed E-state index contributed by atoms with van der Waals surface area (Å²) in [5, 5.41) is 0. The van der Waals surface area contributed by atoms with E-state index in [9.17, 15) is 0 Å². The highest BCUT2D eigenvalue weighted by molar-refractivity contribution is 4.98. The Labute approximate surface area is 115 Å². The van der Waals surface area contributed by atoms with Gasteiger partial charge in [0.05, 0.1) is 5.66 Å². The Morgan fingerprint density at radius 3 is 1.83 bits per heavy atom. The predicted octanol–water partition coefficient (Wildman–Crippen LogP) is 4.42. The van der Waals surface area contributed by atoms with Gasteiger partial charge in [0.25, 0.3) is 0 Å². The van der Waals surface area contributed by atoms with Crippen LogP contribution in [0.25, 0.3) is 0 Å². The molecule has 2 atom stereocenters. The van der Waals surface area contributed by atoms with Crippen molar-refractivity contribution in [2.75, 3.05) is 0 Å². The van der Waals surface area contributed by atoms with E-state index in [2.05, 4.69) is 34.6 Å². The molecule has 0 saturated carbocycles. The second-order valence-corrected chi connectivity index (χ2v) is 6.35. The van der Waals surface area contributed by atoms with E-state index in [-0.39, 0.29) is 5.41 Å². The average molecular weight is 256 g/mol. The Morgan fingerprint density at radius 1 is 0.889 bits per heavy atom. The molecule has 0 aromatic rings. The summed E-state index contributed by atoms with van der Waals surface area (Å²) in [5.41, 5.74) is 12.6. The van der Waals surface area contributed by atoms with E-state index >= 15 is 0 Å². The number of hydrogen-bond donors (Lipinski definition) is 2. The van der Waals surface area contributed by atoms with Crippen LogP contribution in [0.15, 0.2) is 0 Å². The van der Waals surface area contributed by atoms with Crippen molar-refractivity contribution in [1.29, 1.82) is 0 Å². The van der Waals surface area contributed by atoms with Crippen LogP contribution in [0.3, 0.4) is 0 Å². The topological polar surface area (TPSA) is 52.0 Å². The van der Waals surface area contributed by atoms with Gasteiger partial charge in [-0.05, 0) is 18.8 Å². The van der Waals surface area contributed by atoms with Crippen LogP contribution < -0.4 is 11.5 Å². The molecular formula is C16H36N2. The largest absolute Gasteiger partial charge is 0.313 e. The quantitative estimate of drug-likeness (QED) is 0.568. The SMILES string of the molecule is CCCCC(N)(N)C(C)(CCCC)C(C)CCC. The van der Waals surface area contributed by atoms with Gasteiger partial charge in [-0.15, -0.1) is 0 Å². The van der Waals surface area contributed by atoms with Gasteiger partial charge in [-0.2, -0.15) is 0 Å². The first-order valence-electron chi connectivity index (χ1n) is 7.93. The normalized spacial score (nSPS) is 17.5. The van der Waals surface area contributed by atoms with E-state index in [4.69, 9.17) is 11.5 Å². The summed E-state index contributed by atoms with van der Waals surface area (Å²) >= 11 is 0. The molecular weight excluding hydrogens is 220 g/mol. The van der Waals surface area contributed by atoms with Crippen LogP contribution in [0.5, 0.6) is 0 Å². The van der Waals surface area contributed by atoms with E-state index < -0.39 is 5.66 Å². The van der Waals surface area contributed by atoms with E-state index in [0.717, 1.165) is 19.3 Å². The molecule has 18 heavy (non-hydrogen) atoms. The van der Waals surface area contributed by atoms with Crippen LogP contribution in [-0.2, 0) is 0 Å². The van der Waals surface area contributed by atoms with Gasteiger partial charge in [0.1, 0.15) is 0 Å². The molecule has 0 aromatic heterocycles. The molecule has 0 saturated heterocycles. The molecule has 0 fully saturated rings. The molecule has 0 bridgehead atoms. The molecule has 4 N–H and O–H groups in total. The van der Waals surface area contributed by atoms with E-state index in [1.807, 2.05) is 0 Å². The zero-order valence-electron chi connectivity index (χ0n) is 13.4. The molecule has 0 aromatic carbocycles. The van der Waals surface area contributed by atoms with E-state index in [0.29, 0.717) is 5.92 Å². The smallest absolute Gasteiger partial charge is 0.0694 e. The monoisotopic (exact) mass is 256 g/mol. The molecule has 110 valence electrons. The van der Waals surface area contributed by atoms with Crippen molar-refractivity contribution in [2.24, 2.45) is 22.8 Å². The maximum absolute atomic E-state index is 6.53. The molecule has 0 radical (unpaired) electrons. The lowest BCUT2D eigenvalue weighted by molar-refractivity contribution is 0.0475. The second kappa shape index (κ2) is 8.16. The number of unbranched alkanes of at least 4 members (excludes halogenated alkanes) is 2. The van der Waals surface area contributed by atoms with Gasteiger partial charge in [-0.3, -0.25) is 0 Å². The van der Waals surface area contributed by atoms with Gasteiger partial charge >= 0.3 is 0 Å². The fraction of sp³-hybridized carbons (Fsp3) is 1.00. The molecule has 0 heterocycles. The minimum absolute atomic E-state index is 0.0637. The van der Waals surface area contributed by atoms with Crippen LogP contribution in [0.1, 0.15) is 86.0 Å². The third kappa shape index (κ3) is 4.55. The molecule has 2 nitrogen and oxygen atoms in total. The Kier molecular flexibility index (Phi) is 8.13. The zero-order valence-corrected chi connectivity index (χ0v) is 13.4. The summed E-state index contributed by atoms with van der Waals surface area (Å²) in [6, 6.07) is 0. The zero-order chi connectivity index (χ0) is 14.2. The first-order valence-corrected chi connectivity index (χ1v) is 7.93. The van der Waals surface area contributed by atoms with Crippen LogP contribution in [0, 0.1) is 11.3 Å². The highest BCUT2D eigenvalue weighted by Gasteiger charge is 2.44. The fourth-order valence-corrected chi connectivity index (χ4v) is 2.99. The third-order valence-electron chi connectivity index (χ3n) is 4.87. The van der Waals surface area contributed by atoms with Crippen LogP contribution in [0.4, 0.5) is 0 Å². The molecule has 0 aliphatic heterocycles. The lowest BCUT2D eigenvalue weighted by atomic mass is 9.63. The standard InChI is InChI=1S/C16H36N2/c1-6-9-12-15(5,14(4)11-8-3)16(17,18)13-10-7-2/h14H,6-13,17-18H2,1-5H3. The van der Waals surface area contributed by atoms with Crippen molar-refractivity contribution in [3.63, 3.8) is 0 Å². The molecule has 0 spiro atoms. The minimum Gasteiger partial charge on any atom is -0.313 e. The Balaban J connectivity index is 4.92. The Hall–Kier alpha value is -0.0800. The van der Waals surface area contributed by atoms with Crippen molar-refractivity contribution in [3.8, 4) is 0 Å². The van der Waals surface area contributed by atoms with Crippen molar-refractivity contribution >= 4 is 0 Å². The second-order valence-electron chi connectivity index (χ2n) is 6.35. The highest BCUT2D eigenvalue weighted by Crippen LogP contribution is 2.43. The van der Waals surface area contributed by atoms with Crippen molar-refractivity contribution in [3.05, 3.63) is 0 Å². The summed E-state index contributed by atoms with van der Waals surface area (Å²) in [6.45, 7) is 11.3. The van der Waals surface area contributed by atoms with Gasteiger partial charge < -0.3 is 11.5 Å².